The Hall–Kier alpha value is -3.37. The molecule has 2 aromatic rings. The summed E-state index contributed by atoms with van der Waals surface area (Å²) in [7, 11) is 3.04. The minimum absolute atomic E-state index is 0.109. The molecule has 0 aromatic heterocycles. The maximum atomic E-state index is 12.7. The number of rotatable bonds is 8. The molecule has 0 saturated carbocycles. The number of nitrogens with one attached hydrogen (secondary N) is 2. The van der Waals surface area contributed by atoms with Gasteiger partial charge in [-0.05, 0) is 42.3 Å². The quantitative estimate of drug-likeness (QED) is 0.337. The number of hydrazine groups is 1. The van der Waals surface area contributed by atoms with Gasteiger partial charge in [0.2, 0.25) is 5.91 Å². The summed E-state index contributed by atoms with van der Waals surface area (Å²) in [6.45, 7) is 0.300. The van der Waals surface area contributed by atoms with Gasteiger partial charge in [-0.3, -0.25) is 30.1 Å². The molecule has 1 fully saturated rings. The molecule has 33 heavy (non-hydrogen) atoms. The SMILES string of the molecule is COc1cccc(C=C2SC(=S)N(CCCC(=O)NNC(=O)c3ccccc3OC)C2=O)c1. The highest BCUT2D eigenvalue weighted by molar-refractivity contribution is 8.26. The Bertz CT molecular complexity index is 1100. The number of benzene rings is 2. The summed E-state index contributed by atoms with van der Waals surface area (Å²) in [5.74, 6) is 0.0392. The zero-order valence-corrected chi connectivity index (χ0v) is 19.8. The second-order valence-corrected chi connectivity index (χ2v) is 8.59. The number of carbonyl (C=O) groups is 3. The standard InChI is InChI=1S/C23H23N3O5S2/c1-30-16-8-5-7-15(13-16)14-19-22(29)26(23(32)33-19)12-6-11-20(27)24-25-21(28)17-9-3-4-10-18(17)31-2/h3-5,7-10,13-14H,6,11-12H2,1-2H3,(H,24,27)(H,25,28). The predicted octanol–water partition coefficient (Wildman–Crippen LogP) is 3.15. The fourth-order valence-corrected chi connectivity index (χ4v) is 4.37. The summed E-state index contributed by atoms with van der Waals surface area (Å²) in [5, 5.41) is 0. The molecular formula is C23H23N3O5S2. The molecule has 8 nitrogen and oxygen atoms in total. The smallest absolute Gasteiger partial charge is 0.273 e. The molecule has 0 radical (unpaired) electrons. The zero-order chi connectivity index (χ0) is 23.8. The third kappa shape index (κ3) is 6.33. The first-order chi connectivity index (χ1) is 15.9. The number of thioether (sulfide) groups is 1. The molecule has 1 aliphatic heterocycles. The first-order valence-electron chi connectivity index (χ1n) is 10.0. The predicted molar refractivity (Wildman–Crippen MR) is 131 cm³/mol. The van der Waals surface area contributed by atoms with Crippen LogP contribution in [0.2, 0.25) is 0 Å². The van der Waals surface area contributed by atoms with E-state index in [2.05, 4.69) is 10.9 Å². The molecule has 0 atom stereocenters. The second-order valence-electron chi connectivity index (χ2n) is 6.92. The number of hydrogen-bond acceptors (Lipinski definition) is 7. The molecule has 0 bridgehead atoms. The zero-order valence-electron chi connectivity index (χ0n) is 18.1. The maximum absolute atomic E-state index is 12.7. The van der Waals surface area contributed by atoms with E-state index in [9.17, 15) is 14.4 Å². The largest absolute Gasteiger partial charge is 0.497 e. The van der Waals surface area contributed by atoms with Gasteiger partial charge in [0.15, 0.2) is 0 Å². The first kappa shape index (κ1) is 24.3. The van der Waals surface area contributed by atoms with Crippen molar-refractivity contribution in [1.29, 1.82) is 0 Å². The van der Waals surface area contributed by atoms with Gasteiger partial charge in [0, 0.05) is 13.0 Å². The average Bonchev–Trinajstić information content (AvgIpc) is 3.09. The van der Waals surface area contributed by atoms with Crippen molar-refractivity contribution in [2.75, 3.05) is 20.8 Å². The van der Waals surface area contributed by atoms with Crippen LogP contribution < -0.4 is 20.3 Å². The Kier molecular flexibility index (Phi) is 8.45. The van der Waals surface area contributed by atoms with Gasteiger partial charge in [-0.15, -0.1) is 0 Å². The van der Waals surface area contributed by atoms with E-state index in [4.69, 9.17) is 21.7 Å². The van der Waals surface area contributed by atoms with Crippen molar-refractivity contribution in [1.82, 2.24) is 15.8 Å². The molecule has 1 saturated heterocycles. The second kappa shape index (κ2) is 11.5. The van der Waals surface area contributed by atoms with E-state index in [0.717, 1.165) is 5.56 Å². The first-order valence-corrected chi connectivity index (χ1v) is 11.3. The summed E-state index contributed by atoms with van der Waals surface area (Å²) in [4.78, 5) is 39.1. The molecule has 172 valence electrons. The Morgan fingerprint density at radius 3 is 2.64 bits per heavy atom. The molecule has 3 rings (SSSR count). The molecule has 2 aromatic carbocycles. The van der Waals surface area contributed by atoms with Gasteiger partial charge in [-0.25, -0.2) is 0 Å². The van der Waals surface area contributed by atoms with Crippen molar-refractivity contribution < 1.29 is 23.9 Å². The Balaban J connectivity index is 1.48. The van der Waals surface area contributed by atoms with Crippen LogP contribution in [0.5, 0.6) is 11.5 Å². The Morgan fingerprint density at radius 2 is 1.88 bits per heavy atom. The summed E-state index contributed by atoms with van der Waals surface area (Å²) >= 11 is 6.56. The van der Waals surface area contributed by atoms with E-state index in [1.807, 2.05) is 24.3 Å². The minimum Gasteiger partial charge on any atom is -0.497 e. The van der Waals surface area contributed by atoms with Crippen LogP contribution in [-0.2, 0) is 9.59 Å². The third-order valence-electron chi connectivity index (χ3n) is 4.72. The van der Waals surface area contributed by atoms with Crippen LogP contribution >= 0.6 is 24.0 Å². The molecule has 1 heterocycles. The Labute approximate surface area is 201 Å². The fraction of sp³-hybridized carbons (Fsp3) is 0.217. The summed E-state index contributed by atoms with van der Waals surface area (Å²) in [5.41, 5.74) is 5.88. The van der Waals surface area contributed by atoms with Gasteiger partial charge in [0.25, 0.3) is 11.8 Å². The van der Waals surface area contributed by atoms with Crippen molar-refractivity contribution in [3.8, 4) is 11.5 Å². The number of amides is 3. The van der Waals surface area contributed by atoms with Gasteiger partial charge in [0.05, 0.1) is 24.7 Å². The lowest BCUT2D eigenvalue weighted by Gasteiger charge is -2.14. The van der Waals surface area contributed by atoms with E-state index in [1.54, 1.807) is 37.5 Å². The molecule has 0 unspecified atom stereocenters. The number of para-hydroxylation sites is 1. The summed E-state index contributed by atoms with van der Waals surface area (Å²) in [6, 6.07) is 14.1. The maximum Gasteiger partial charge on any atom is 0.273 e. The van der Waals surface area contributed by atoms with Crippen LogP contribution in [-0.4, -0.2) is 47.7 Å². The normalized spacial score (nSPS) is 14.4. The Morgan fingerprint density at radius 1 is 1.09 bits per heavy atom. The molecule has 0 aliphatic carbocycles. The number of hydrogen-bond donors (Lipinski definition) is 2. The van der Waals surface area contributed by atoms with Crippen LogP contribution in [0, 0.1) is 0 Å². The van der Waals surface area contributed by atoms with E-state index < -0.39 is 5.91 Å². The summed E-state index contributed by atoms with van der Waals surface area (Å²) in [6.07, 6.45) is 2.26. The number of thiocarbonyl (C=S) groups is 1. The minimum atomic E-state index is -0.486. The fourth-order valence-electron chi connectivity index (χ4n) is 3.06. The van der Waals surface area contributed by atoms with Gasteiger partial charge in [-0.1, -0.05) is 48.2 Å². The molecule has 1 aliphatic rings. The number of nitrogens with zero attached hydrogens (tertiary/aromatic N) is 1. The van der Waals surface area contributed by atoms with Crippen molar-refractivity contribution in [2.24, 2.45) is 0 Å². The summed E-state index contributed by atoms with van der Waals surface area (Å²) < 4.78 is 10.8. The van der Waals surface area contributed by atoms with Gasteiger partial charge in [0.1, 0.15) is 15.8 Å². The number of ether oxygens (including phenoxy) is 2. The van der Waals surface area contributed by atoms with Crippen LogP contribution in [0.25, 0.3) is 6.08 Å². The third-order valence-corrected chi connectivity index (χ3v) is 6.10. The topological polar surface area (TPSA) is 97.0 Å². The highest BCUT2D eigenvalue weighted by Crippen LogP contribution is 2.33. The van der Waals surface area contributed by atoms with Gasteiger partial charge < -0.3 is 9.47 Å². The average molecular weight is 486 g/mol. The monoisotopic (exact) mass is 485 g/mol. The van der Waals surface area contributed by atoms with E-state index in [0.29, 0.717) is 39.3 Å². The number of methoxy groups -OCH3 is 2. The van der Waals surface area contributed by atoms with E-state index in [1.165, 1.54) is 23.8 Å². The molecular weight excluding hydrogens is 462 g/mol. The molecule has 3 amide bonds. The molecule has 2 N–H and O–H groups in total. The van der Waals surface area contributed by atoms with E-state index in [-0.39, 0.29) is 18.2 Å². The highest BCUT2D eigenvalue weighted by Gasteiger charge is 2.31. The van der Waals surface area contributed by atoms with Gasteiger partial charge >= 0.3 is 0 Å². The van der Waals surface area contributed by atoms with Gasteiger partial charge in [-0.2, -0.15) is 0 Å². The van der Waals surface area contributed by atoms with Crippen molar-refractivity contribution in [3.05, 3.63) is 64.6 Å². The lowest BCUT2D eigenvalue weighted by Crippen LogP contribution is -2.42. The lowest BCUT2D eigenvalue weighted by atomic mass is 10.2. The van der Waals surface area contributed by atoms with Crippen LogP contribution in [0.15, 0.2) is 53.4 Å². The van der Waals surface area contributed by atoms with Crippen molar-refractivity contribution in [2.45, 2.75) is 12.8 Å². The highest BCUT2D eigenvalue weighted by atomic mass is 32.2. The molecule has 0 spiro atoms. The van der Waals surface area contributed by atoms with Crippen molar-refractivity contribution in [3.63, 3.8) is 0 Å². The van der Waals surface area contributed by atoms with Crippen LogP contribution in [0.1, 0.15) is 28.8 Å². The molecule has 10 heteroatoms. The van der Waals surface area contributed by atoms with Crippen LogP contribution in [0.3, 0.4) is 0 Å². The van der Waals surface area contributed by atoms with Crippen molar-refractivity contribution >= 4 is 52.1 Å². The van der Waals surface area contributed by atoms with Crippen LogP contribution in [0.4, 0.5) is 0 Å². The number of carbonyl (C=O) groups excluding carboxylic acids is 3. The van der Waals surface area contributed by atoms with E-state index >= 15 is 0 Å². The lowest BCUT2D eigenvalue weighted by molar-refractivity contribution is -0.124.